The highest BCUT2D eigenvalue weighted by molar-refractivity contribution is 9.11. The van der Waals surface area contributed by atoms with Crippen LogP contribution in [0.2, 0.25) is 0 Å². The Labute approximate surface area is 143 Å². The third-order valence-corrected chi connectivity index (χ3v) is 6.27. The van der Waals surface area contributed by atoms with Gasteiger partial charge in [0.05, 0.1) is 3.79 Å². The largest absolute Gasteiger partial charge is 0.312 e. The second-order valence-electron chi connectivity index (χ2n) is 5.80. The van der Waals surface area contributed by atoms with E-state index in [1.165, 1.54) is 21.5 Å². The third kappa shape index (κ3) is 5.05. The monoisotopic (exact) mass is 374 g/mol. The Kier molecular flexibility index (Phi) is 8.47. The van der Waals surface area contributed by atoms with Gasteiger partial charge in [-0.15, -0.1) is 11.3 Å². The van der Waals surface area contributed by atoms with Gasteiger partial charge in [-0.3, -0.25) is 4.90 Å². The Morgan fingerprint density at radius 2 is 1.90 bits per heavy atom. The van der Waals surface area contributed by atoms with Gasteiger partial charge in [-0.05, 0) is 73.9 Å². The van der Waals surface area contributed by atoms with Crippen LogP contribution in [0.3, 0.4) is 0 Å². The van der Waals surface area contributed by atoms with E-state index in [1.54, 1.807) is 0 Å². The summed E-state index contributed by atoms with van der Waals surface area (Å²) in [6.45, 7) is 14.9. The number of nitrogens with zero attached hydrogens (tertiary/aromatic N) is 1. The molecular formula is C17H31BrN2S. The highest BCUT2D eigenvalue weighted by atomic mass is 79.9. The van der Waals surface area contributed by atoms with Crippen molar-refractivity contribution in [2.24, 2.45) is 0 Å². The van der Waals surface area contributed by atoms with Crippen LogP contribution in [-0.4, -0.2) is 36.1 Å². The van der Waals surface area contributed by atoms with Gasteiger partial charge in [0.15, 0.2) is 0 Å². The molecule has 4 heteroatoms. The first-order chi connectivity index (χ1) is 10.0. The number of likely N-dealkylation sites (N-methyl/N-ethyl adjacent to an activating group) is 1. The summed E-state index contributed by atoms with van der Waals surface area (Å²) >= 11 is 5.45. The predicted molar refractivity (Wildman–Crippen MR) is 99.4 cm³/mol. The summed E-state index contributed by atoms with van der Waals surface area (Å²) in [5.74, 6) is 0. The van der Waals surface area contributed by atoms with Crippen LogP contribution in [0.1, 0.15) is 52.3 Å². The molecule has 0 aliphatic heterocycles. The van der Waals surface area contributed by atoms with E-state index in [9.17, 15) is 0 Å². The minimum Gasteiger partial charge on any atom is -0.312 e. The summed E-state index contributed by atoms with van der Waals surface area (Å²) in [6, 6.07) is 4.92. The molecule has 2 atom stereocenters. The Bertz CT molecular complexity index is 403. The molecule has 1 aromatic heterocycles. The van der Waals surface area contributed by atoms with E-state index >= 15 is 0 Å². The SMILES string of the molecule is CCCNC(Cc1ccc(Br)s1)C(C)(CC)N(CC)CC. The van der Waals surface area contributed by atoms with E-state index in [4.69, 9.17) is 0 Å². The van der Waals surface area contributed by atoms with E-state index in [0.717, 1.165) is 26.1 Å². The van der Waals surface area contributed by atoms with Crippen LogP contribution < -0.4 is 5.32 Å². The van der Waals surface area contributed by atoms with Crippen LogP contribution in [0.25, 0.3) is 0 Å². The molecule has 2 nitrogen and oxygen atoms in total. The summed E-state index contributed by atoms with van der Waals surface area (Å²) in [4.78, 5) is 4.07. The fourth-order valence-electron chi connectivity index (χ4n) is 3.13. The molecule has 1 heterocycles. The molecule has 1 aromatic rings. The molecule has 0 radical (unpaired) electrons. The fraction of sp³-hybridized carbons (Fsp3) is 0.765. The molecule has 0 spiro atoms. The minimum absolute atomic E-state index is 0.204. The number of rotatable bonds is 10. The standard InChI is InChI=1S/C17H31BrN2S/c1-6-12-19-15(13-14-10-11-16(18)21-14)17(5,7-2)20(8-3)9-4/h10-11,15,19H,6-9,12-13H2,1-5H3. The number of hydrogen-bond acceptors (Lipinski definition) is 3. The maximum Gasteiger partial charge on any atom is 0.0701 e. The van der Waals surface area contributed by atoms with Gasteiger partial charge in [0.1, 0.15) is 0 Å². The van der Waals surface area contributed by atoms with Crippen molar-refractivity contribution < 1.29 is 0 Å². The molecule has 0 saturated carbocycles. The first-order valence-electron chi connectivity index (χ1n) is 8.24. The van der Waals surface area contributed by atoms with Crippen molar-refractivity contribution in [3.05, 3.63) is 20.8 Å². The number of thiophene rings is 1. The van der Waals surface area contributed by atoms with Gasteiger partial charge in [0.2, 0.25) is 0 Å². The Hall–Kier alpha value is 0.1000. The van der Waals surface area contributed by atoms with Crippen molar-refractivity contribution >= 4 is 27.3 Å². The van der Waals surface area contributed by atoms with Crippen molar-refractivity contribution in [2.75, 3.05) is 19.6 Å². The smallest absolute Gasteiger partial charge is 0.0701 e. The van der Waals surface area contributed by atoms with Crippen LogP contribution in [0.4, 0.5) is 0 Å². The Balaban J connectivity index is 2.96. The zero-order valence-electron chi connectivity index (χ0n) is 14.2. The minimum atomic E-state index is 0.204. The van der Waals surface area contributed by atoms with E-state index in [0.29, 0.717) is 6.04 Å². The van der Waals surface area contributed by atoms with Gasteiger partial charge in [-0.2, -0.15) is 0 Å². The molecule has 0 fully saturated rings. The Morgan fingerprint density at radius 3 is 2.33 bits per heavy atom. The van der Waals surface area contributed by atoms with Gasteiger partial charge in [0.25, 0.3) is 0 Å². The van der Waals surface area contributed by atoms with Crippen LogP contribution in [-0.2, 0) is 6.42 Å². The van der Waals surface area contributed by atoms with Gasteiger partial charge >= 0.3 is 0 Å². The summed E-state index contributed by atoms with van der Waals surface area (Å²) < 4.78 is 1.23. The molecule has 2 unspecified atom stereocenters. The number of hydrogen-bond donors (Lipinski definition) is 1. The van der Waals surface area contributed by atoms with Crippen molar-refractivity contribution in [1.29, 1.82) is 0 Å². The first-order valence-corrected chi connectivity index (χ1v) is 9.85. The van der Waals surface area contributed by atoms with Crippen LogP contribution >= 0.6 is 27.3 Å². The molecule has 0 aromatic carbocycles. The third-order valence-electron chi connectivity index (χ3n) is 4.63. The van der Waals surface area contributed by atoms with E-state index in [1.807, 2.05) is 11.3 Å². The quantitative estimate of drug-likeness (QED) is 0.624. The molecule has 0 aliphatic carbocycles. The fourth-order valence-corrected chi connectivity index (χ4v) is 4.66. The normalized spacial score (nSPS) is 16.1. The van der Waals surface area contributed by atoms with Gasteiger partial charge in [-0.1, -0.05) is 27.7 Å². The summed E-state index contributed by atoms with van der Waals surface area (Å²) in [5.41, 5.74) is 0.204. The summed E-state index contributed by atoms with van der Waals surface area (Å²) in [7, 11) is 0. The Morgan fingerprint density at radius 1 is 1.24 bits per heavy atom. The second-order valence-corrected chi connectivity index (χ2v) is 8.35. The molecule has 1 rings (SSSR count). The van der Waals surface area contributed by atoms with E-state index in [-0.39, 0.29) is 5.54 Å². The number of halogens is 1. The second kappa shape index (κ2) is 9.29. The van der Waals surface area contributed by atoms with E-state index in [2.05, 4.69) is 72.9 Å². The van der Waals surface area contributed by atoms with Gasteiger partial charge < -0.3 is 5.32 Å². The molecular weight excluding hydrogens is 344 g/mol. The van der Waals surface area contributed by atoms with Crippen LogP contribution in [0.5, 0.6) is 0 Å². The molecule has 0 amide bonds. The van der Waals surface area contributed by atoms with Gasteiger partial charge in [-0.25, -0.2) is 0 Å². The average Bonchev–Trinajstić information content (AvgIpc) is 2.89. The predicted octanol–water partition coefficient (Wildman–Crippen LogP) is 4.93. The molecule has 21 heavy (non-hydrogen) atoms. The zero-order valence-corrected chi connectivity index (χ0v) is 16.6. The number of nitrogens with one attached hydrogen (secondary N) is 1. The maximum atomic E-state index is 3.82. The van der Waals surface area contributed by atoms with Crippen LogP contribution in [0, 0.1) is 0 Å². The topological polar surface area (TPSA) is 15.3 Å². The van der Waals surface area contributed by atoms with Crippen molar-refractivity contribution in [3.8, 4) is 0 Å². The summed E-state index contributed by atoms with van der Waals surface area (Å²) in [6.07, 6.45) is 3.46. The zero-order chi connectivity index (χ0) is 15.9. The maximum absolute atomic E-state index is 3.82. The lowest BCUT2D eigenvalue weighted by atomic mass is 9.84. The average molecular weight is 375 g/mol. The molecule has 0 saturated heterocycles. The van der Waals surface area contributed by atoms with Crippen molar-refractivity contribution in [1.82, 2.24) is 10.2 Å². The van der Waals surface area contributed by atoms with Gasteiger partial charge in [0, 0.05) is 16.5 Å². The lowest BCUT2D eigenvalue weighted by Gasteiger charge is -2.46. The lowest BCUT2D eigenvalue weighted by molar-refractivity contribution is 0.0704. The lowest BCUT2D eigenvalue weighted by Crippen LogP contribution is -2.60. The highest BCUT2D eigenvalue weighted by Gasteiger charge is 2.36. The van der Waals surface area contributed by atoms with Crippen LogP contribution in [0.15, 0.2) is 15.9 Å². The van der Waals surface area contributed by atoms with Crippen molar-refractivity contribution in [2.45, 2.75) is 65.5 Å². The molecule has 122 valence electrons. The van der Waals surface area contributed by atoms with Crippen molar-refractivity contribution in [3.63, 3.8) is 0 Å². The molecule has 1 N–H and O–H groups in total. The molecule has 0 aliphatic rings. The molecule has 0 bridgehead atoms. The van der Waals surface area contributed by atoms with E-state index < -0.39 is 0 Å². The first kappa shape index (κ1) is 19.1. The highest BCUT2D eigenvalue weighted by Crippen LogP contribution is 2.29. The summed E-state index contributed by atoms with van der Waals surface area (Å²) in [5, 5.41) is 3.82.